The standard InChI is InChI=1S/C22H22ClN7O2/c1-28-10-8-18(26-28)19-13-30(27-25-19)12-15-5-4-9-29(11-15)22(31)20-14-32-21(24-20)16-6-2-3-7-17(16)23/h2-3,6-8,10,13-15H,4-5,9,11-12H2,1H3. The lowest BCUT2D eigenvalue weighted by atomic mass is 9.98. The number of likely N-dealkylation sites (tertiary alicyclic amines) is 1. The summed E-state index contributed by atoms with van der Waals surface area (Å²) in [6.07, 6.45) is 7.12. The summed E-state index contributed by atoms with van der Waals surface area (Å²) in [4.78, 5) is 19.3. The molecule has 32 heavy (non-hydrogen) atoms. The van der Waals surface area contributed by atoms with Gasteiger partial charge in [0.2, 0.25) is 5.89 Å². The van der Waals surface area contributed by atoms with E-state index in [0.29, 0.717) is 41.8 Å². The number of amides is 1. The molecule has 0 bridgehead atoms. The van der Waals surface area contributed by atoms with Crippen LogP contribution in [-0.2, 0) is 13.6 Å². The van der Waals surface area contributed by atoms with Crippen molar-refractivity contribution in [2.75, 3.05) is 13.1 Å². The largest absolute Gasteiger partial charge is 0.444 e. The Morgan fingerprint density at radius 1 is 1.25 bits per heavy atom. The molecule has 4 aromatic rings. The second kappa shape index (κ2) is 8.58. The normalized spacial score (nSPS) is 16.4. The minimum Gasteiger partial charge on any atom is -0.444 e. The van der Waals surface area contributed by atoms with Crippen molar-refractivity contribution in [2.45, 2.75) is 19.4 Å². The van der Waals surface area contributed by atoms with E-state index in [9.17, 15) is 4.79 Å². The first-order valence-corrected chi connectivity index (χ1v) is 10.8. The summed E-state index contributed by atoms with van der Waals surface area (Å²) >= 11 is 6.22. The van der Waals surface area contributed by atoms with E-state index < -0.39 is 0 Å². The number of hydrogen-bond acceptors (Lipinski definition) is 6. The third-order valence-electron chi connectivity index (χ3n) is 5.59. The number of piperidine rings is 1. The predicted molar refractivity (Wildman–Crippen MR) is 118 cm³/mol. The molecule has 1 unspecified atom stereocenters. The lowest BCUT2D eigenvalue weighted by Crippen LogP contribution is -2.41. The third kappa shape index (κ3) is 4.16. The predicted octanol–water partition coefficient (Wildman–Crippen LogP) is 3.54. The van der Waals surface area contributed by atoms with Crippen molar-refractivity contribution in [3.8, 4) is 22.8 Å². The van der Waals surface area contributed by atoms with Crippen LogP contribution in [-0.4, -0.2) is 53.7 Å². The highest BCUT2D eigenvalue weighted by Gasteiger charge is 2.27. The van der Waals surface area contributed by atoms with Gasteiger partial charge in [0.1, 0.15) is 17.7 Å². The van der Waals surface area contributed by atoms with Crippen molar-refractivity contribution in [2.24, 2.45) is 13.0 Å². The van der Waals surface area contributed by atoms with Gasteiger partial charge in [-0.2, -0.15) is 5.10 Å². The first-order chi connectivity index (χ1) is 15.6. The molecule has 1 fully saturated rings. The second-order valence-corrected chi connectivity index (χ2v) is 8.38. The zero-order valence-electron chi connectivity index (χ0n) is 17.6. The number of carbonyl (C=O) groups excluding carboxylic acids is 1. The second-order valence-electron chi connectivity index (χ2n) is 7.98. The number of aryl methyl sites for hydroxylation is 1. The molecule has 0 aliphatic carbocycles. The molecule has 0 saturated carbocycles. The molecule has 0 spiro atoms. The topological polar surface area (TPSA) is 94.9 Å². The van der Waals surface area contributed by atoms with Crippen LogP contribution in [0.25, 0.3) is 22.8 Å². The van der Waals surface area contributed by atoms with Gasteiger partial charge in [0, 0.05) is 32.9 Å². The lowest BCUT2D eigenvalue weighted by Gasteiger charge is -2.32. The van der Waals surface area contributed by atoms with Crippen molar-refractivity contribution in [1.29, 1.82) is 0 Å². The number of nitrogens with zero attached hydrogens (tertiary/aromatic N) is 7. The first-order valence-electron chi connectivity index (χ1n) is 10.5. The molecule has 1 atom stereocenters. The van der Waals surface area contributed by atoms with E-state index in [1.165, 1.54) is 6.26 Å². The highest BCUT2D eigenvalue weighted by molar-refractivity contribution is 6.33. The number of benzene rings is 1. The molecule has 3 aromatic heterocycles. The smallest absolute Gasteiger partial charge is 0.275 e. The number of halogens is 1. The number of oxazole rings is 1. The number of aromatic nitrogens is 6. The average Bonchev–Trinajstić information content (AvgIpc) is 3.55. The van der Waals surface area contributed by atoms with Crippen LogP contribution in [0, 0.1) is 5.92 Å². The van der Waals surface area contributed by atoms with Crippen LogP contribution in [0.15, 0.2) is 53.4 Å². The Kier molecular flexibility index (Phi) is 5.48. The zero-order chi connectivity index (χ0) is 22.1. The molecule has 5 rings (SSSR count). The van der Waals surface area contributed by atoms with E-state index in [-0.39, 0.29) is 11.8 Å². The van der Waals surface area contributed by atoms with Crippen LogP contribution in [0.4, 0.5) is 0 Å². The Morgan fingerprint density at radius 3 is 2.94 bits per heavy atom. The van der Waals surface area contributed by atoms with Crippen LogP contribution < -0.4 is 0 Å². The minimum atomic E-state index is -0.135. The zero-order valence-corrected chi connectivity index (χ0v) is 18.3. The fourth-order valence-electron chi connectivity index (χ4n) is 4.01. The molecule has 1 saturated heterocycles. The summed E-state index contributed by atoms with van der Waals surface area (Å²) < 4.78 is 9.10. The van der Waals surface area contributed by atoms with E-state index in [0.717, 1.165) is 24.2 Å². The molecule has 0 N–H and O–H groups in total. The van der Waals surface area contributed by atoms with E-state index in [2.05, 4.69) is 20.4 Å². The van der Waals surface area contributed by atoms with Gasteiger partial charge in [0.05, 0.1) is 16.8 Å². The van der Waals surface area contributed by atoms with E-state index in [1.54, 1.807) is 10.7 Å². The molecule has 1 aromatic carbocycles. The first kappa shape index (κ1) is 20.4. The summed E-state index contributed by atoms with van der Waals surface area (Å²) in [6.45, 7) is 2.01. The summed E-state index contributed by atoms with van der Waals surface area (Å²) in [6, 6.07) is 9.18. The Labute approximate surface area is 189 Å². The molecule has 10 heteroatoms. The van der Waals surface area contributed by atoms with Gasteiger partial charge in [-0.05, 0) is 37.0 Å². The van der Waals surface area contributed by atoms with Gasteiger partial charge in [-0.3, -0.25) is 14.2 Å². The Balaban J connectivity index is 1.25. The van der Waals surface area contributed by atoms with Crippen LogP contribution in [0.5, 0.6) is 0 Å². The molecule has 1 aliphatic heterocycles. The quantitative estimate of drug-likeness (QED) is 0.460. The molecule has 1 amide bonds. The minimum absolute atomic E-state index is 0.135. The molecular weight excluding hydrogens is 430 g/mol. The summed E-state index contributed by atoms with van der Waals surface area (Å²) in [5.41, 5.74) is 2.49. The summed E-state index contributed by atoms with van der Waals surface area (Å²) in [7, 11) is 1.87. The van der Waals surface area contributed by atoms with Crippen molar-refractivity contribution in [3.05, 3.63) is 59.7 Å². The Bertz CT molecular complexity index is 1240. The lowest BCUT2D eigenvalue weighted by molar-refractivity contribution is 0.0653. The Hall–Kier alpha value is -3.46. The number of rotatable bonds is 5. The maximum atomic E-state index is 13.0. The Morgan fingerprint density at radius 2 is 2.12 bits per heavy atom. The van der Waals surface area contributed by atoms with E-state index >= 15 is 0 Å². The highest BCUT2D eigenvalue weighted by Crippen LogP contribution is 2.27. The van der Waals surface area contributed by atoms with Gasteiger partial charge in [0.25, 0.3) is 5.91 Å². The maximum Gasteiger partial charge on any atom is 0.275 e. The van der Waals surface area contributed by atoms with E-state index in [4.69, 9.17) is 16.0 Å². The monoisotopic (exact) mass is 451 g/mol. The van der Waals surface area contributed by atoms with Crippen molar-refractivity contribution < 1.29 is 9.21 Å². The van der Waals surface area contributed by atoms with Gasteiger partial charge in [-0.1, -0.05) is 28.9 Å². The van der Waals surface area contributed by atoms with Gasteiger partial charge in [-0.15, -0.1) is 5.10 Å². The van der Waals surface area contributed by atoms with E-state index in [1.807, 2.05) is 53.3 Å². The van der Waals surface area contributed by atoms with Crippen molar-refractivity contribution in [3.63, 3.8) is 0 Å². The van der Waals surface area contributed by atoms with Gasteiger partial charge in [0.15, 0.2) is 5.69 Å². The summed E-state index contributed by atoms with van der Waals surface area (Å²) in [5, 5.41) is 13.4. The number of hydrogen-bond donors (Lipinski definition) is 0. The summed E-state index contributed by atoms with van der Waals surface area (Å²) in [5.74, 6) is 0.489. The SMILES string of the molecule is Cn1ccc(-c2cn(CC3CCCN(C(=O)c4coc(-c5ccccc5Cl)n4)C3)nn2)n1. The van der Waals surface area contributed by atoms with Gasteiger partial charge < -0.3 is 9.32 Å². The average molecular weight is 452 g/mol. The number of carbonyl (C=O) groups is 1. The third-order valence-corrected chi connectivity index (χ3v) is 5.92. The fourth-order valence-corrected chi connectivity index (χ4v) is 4.23. The molecule has 9 nitrogen and oxygen atoms in total. The van der Waals surface area contributed by atoms with Gasteiger partial charge >= 0.3 is 0 Å². The van der Waals surface area contributed by atoms with Crippen molar-refractivity contribution in [1.82, 2.24) is 34.7 Å². The maximum absolute atomic E-state index is 13.0. The molecule has 0 radical (unpaired) electrons. The fraction of sp³-hybridized carbons (Fsp3) is 0.318. The van der Waals surface area contributed by atoms with Crippen LogP contribution in [0.1, 0.15) is 23.3 Å². The van der Waals surface area contributed by atoms with Crippen LogP contribution >= 0.6 is 11.6 Å². The molecular formula is C22H22ClN7O2. The highest BCUT2D eigenvalue weighted by atomic mass is 35.5. The van der Waals surface area contributed by atoms with Gasteiger partial charge in [-0.25, -0.2) is 4.98 Å². The molecule has 4 heterocycles. The van der Waals surface area contributed by atoms with Crippen molar-refractivity contribution >= 4 is 17.5 Å². The van der Waals surface area contributed by atoms with Crippen LogP contribution in [0.3, 0.4) is 0 Å². The van der Waals surface area contributed by atoms with Crippen LogP contribution in [0.2, 0.25) is 5.02 Å². The molecule has 1 aliphatic rings. The molecule has 164 valence electrons.